The minimum atomic E-state index is -4.82. The van der Waals surface area contributed by atoms with Gasteiger partial charge in [0.1, 0.15) is 0 Å². The molecular formula is C4H10O8S2. The third-order valence-electron chi connectivity index (χ3n) is 0.982. The van der Waals surface area contributed by atoms with Crippen LogP contribution in [0.2, 0.25) is 0 Å². The molecule has 0 aromatic rings. The zero-order chi connectivity index (χ0) is 11.4. The van der Waals surface area contributed by atoms with E-state index in [9.17, 15) is 16.8 Å². The molecule has 0 rings (SSSR count). The van der Waals surface area contributed by atoms with Gasteiger partial charge in [-0.2, -0.15) is 16.8 Å². The highest BCUT2D eigenvalue weighted by atomic mass is 32.3. The van der Waals surface area contributed by atoms with Crippen LogP contribution in [0, 0.1) is 0 Å². The summed E-state index contributed by atoms with van der Waals surface area (Å²) < 4.78 is 64.8. The van der Waals surface area contributed by atoms with Gasteiger partial charge in [-0.15, -0.1) is 0 Å². The second-order valence-corrected chi connectivity index (χ2v) is 4.36. The molecular weight excluding hydrogens is 240 g/mol. The maximum absolute atomic E-state index is 10.2. The van der Waals surface area contributed by atoms with Crippen LogP contribution in [0.25, 0.3) is 0 Å². The maximum Gasteiger partial charge on any atom is 0.399 e. The summed E-state index contributed by atoms with van der Waals surface area (Å²) in [5, 5.41) is 0. The third kappa shape index (κ3) is 8.34. The molecule has 2 N–H and O–H groups in total. The van der Waals surface area contributed by atoms with Gasteiger partial charge in [-0.05, 0) is 0 Å². The average molecular weight is 250 g/mol. The molecule has 0 aliphatic rings. The van der Waals surface area contributed by atoms with Crippen molar-refractivity contribution in [3.63, 3.8) is 0 Å². The first-order chi connectivity index (χ1) is 6.14. The van der Waals surface area contributed by atoms with Crippen LogP contribution in [0.3, 0.4) is 0 Å². The van der Waals surface area contributed by atoms with Gasteiger partial charge in [-0.3, -0.25) is 9.11 Å². The van der Waals surface area contributed by atoms with Crippen LogP contribution in [0.4, 0.5) is 0 Å². The molecule has 10 heteroatoms. The Morgan fingerprint density at radius 3 is 1.64 bits per heavy atom. The highest BCUT2D eigenvalue weighted by molar-refractivity contribution is 7.81. The van der Waals surface area contributed by atoms with E-state index in [0.29, 0.717) is 6.42 Å². The lowest BCUT2D eigenvalue weighted by Gasteiger charge is -2.12. The molecule has 0 bridgehead atoms. The Hall–Kier alpha value is -0.260. The van der Waals surface area contributed by atoms with E-state index < -0.39 is 27.1 Å². The predicted octanol–water partition coefficient (Wildman–Crippen LogP) is -0.249. The van der Waals surface area contributed by atoms with Gasteiger partial charge in [0, 0.05) is 6.42 Å². The van der Waals surface area contributed by atoms with Gasteiger partial charge in [-0.25, -0.2) is 8.37 Å². The van der Waals surface area contributed by atoms with E-state index >= 15 is 0 Å². The van der Waals surface area contributed by atoms with Gasteiger partial charge in [0.2, 0.25) is 0 Å². The van der Waals surface area contributed by atoms with Gasteiger partial charge >= 0.3 is 20.8 Å². The number of rotatable bonds is 6. The summed E-state index contributed by atoms with van der Waals surface area (Å²) in [6.07, 6.45) is -1.56. The minimum Gasteiger partial charge on any atom is -0.263 e. The second kappa shape index (κ2) is 5.00. The molecule has 8 nitrogen and oxygen atoms in total. The van der Waals surface area contributed by atoms with Crippen molar-refractivity contribution in [2.45, 2.75) is 26.1 Å². The first-order valence-electron chi connectivity index (χ1n) is 3.45. The molecule has 86 valence electrons. The lowest BCUT2D eigenvalue weighted by molar-refractivity contribution is -0.00624. The van der Waals surface area contributed by atoms with E-state index in [1.165, 1.54) is 0 Å². The summed E-state index contributed by atoms with van der Waals surface area (Å²) in [5.74, 6) is 0. The largest absolute Gasteiger partial charge is 0.399 e. The van der Waals surface area contributed by atoms with E-state index in [1.807, 2.05) is 0 Å². The van der Waals surface area contributed by atoms with Gasteiger partial charge < -0.3 is 0 Å². The van der Waals surface area contributed by atoms with E-state index in [1.54, 1.807) is 6.92 Å². The quantitative estimate of drug-likeness (QED) is 0.488. The molecule has 0 spiro atoms. The van der Waals surface area contributed by atoms with Crippen LogP contribution in [0.5, 0.6) is 0 Å². The molecule has 0 radical (unpaired) electrons. The summed E-state index contributed by atoms with van der Waals surface area (Å²) >= 11 is 0. The van der Waals surface area contributed by atoms with Crippen LogP contribution in [-0.4, -0.2) is 32.2 Å². The SMILES string of the molecule is CCCC(OS(=O)(=O)O)OS(=O)(=O)O. The normalized spacial score (nSPS) is 13.4. The molecule has 14 heavy (non-hydrogen) atoms. The van der Waals surface area contributed by atoms with Crippen LogP contribution < -0.4 is 0 Å². The smallest absolute Gasteiger partial charge is 0.263 e. The minimum absolute atomic E-state index is 0.125. The van der Waals surface area contributed by atoms with Crippen molar-refractivity contribution in [2.75, 3.05) is 0 Å². The van der Waals surface area contributed by atoms with Gasteiger partial charge in [0.05, 0.1) is 0 Å². The second-order valence-electron chi connectivity index (χ2n) is 2.27. The fourth-order valence-electron chi connectivity index (χ4n) is 0.619. The van der Waals surface area contributed by atoms with E-state index in [2.05, 4.69) is 8.37 Å². The van der Waals surface area contributed by atoms with Gasteiger partial charge in [-0.1, -0.05) is 13.3 Å². The van der Waals surface area contributed by atoms with E-state index in [0.717, 1.165) is 0 Å². The molecule has 0 amide bonds. The standard InChI is InChI=1S/C4H10O8S2/c1-2-3-4(11-13(5,6)7)12-14(8,9)10/h4H,2-3H2,1H3,(H,5,6,7)(H,8,9,10). The molecule has 0 fully saturated rings. The van der Waals surface area contributed by atoms with Crippen LogP contribution in [0.1, 0.15) is 19.8 Å². The van der Waals surface area contributed by atoms with Gasteiger partial charge in [0.15, 0.2) is 6.29 Å². The van der Waals surface area contributed by atoms with Crippen molar-refractivity contribution in [1.82, 2.24) is 0 Å². The van der Waals surface area contributed by atoms with Crippen LogP contribution in [-0.2, 0) is 29.2 Å². The Balaban J connectivity index is 4.46. The molecule has 0 atom stereocenters. The lowest BCUT2D eigenvalue weighted by Crippen LogP contribution is -2.24. The van der Waals surface area contributed by atoms with Crippen molar-refractivity contribution in [3.8, 4) is 0 Å². The Morgan fingerprint density at radius 1 is 1.07 bits per heavy atom. The maximum atomic E-state index is 10.2. The summed E-state index contributed by atoms with van der Waals surface area (Å²) in [5.41, 5.74) is 0. The van der Waals surface area contributed by atoms with Crippen molar-refractivity contribution in [3.05, 3.63) is 0 Å². The molecule has 0 heterocycles. The lowest BCUT2D eigenvalue weighted by atomic mass is 10.3. The first-order valence-corrected chi connectivity index (χ1v) is 6.18. The summed E-state index contributed by atoms with van der Waals surface area (Å²) in [7, 11) is -9.64. The zero-order valence-corrected chi connectivity index (χ0v) is 8.78. The predicted molar refractivity (Wildman–Crippen MR) is 44.0 cm³/mol. The van der Waals surface area contributed by atoms with E-state index in [4.69, 9.17) is 9.11 Å². The van der Waals surface area contributed by atoms with Crippen LogP contribution in [0.15, 0.2) is 0 Å². The summed E-state index contributed by atoms with van der Waals surface area (Å²) in [6.45, 7) is 1.59. The molecule has 0 saturated carbocycles. The van der Waals surface area contributed by atoms with Crippen molar-refractivity contribution in [1.29, 1.82) is 0 Å². The molecule has 0 unspecified atom stereocenters. The van der Waals surface area contributed by atoms with Crippen LogP contribution >= 0.6 is 0 Å². The number of hydrogen-bond donors (Lipinski definition) is 2. The summed E-state index contributed by atoms with van der Waals surface area (Å²) in [4.78, 5) is 0. The van der Waals surface area contributed by atoms with Crippen molar-refractivity contribution in [2.24, 2.45) is 0 Å². The fourth-order valence-corrected chi connectivity index (χ4v) is 1.48. The Bertz CT molecular complexity index is 319. The fraction of sp³-hybridized carbons (Fsp3) is 1.00. The molecule has 0 aromatic carbocycles. The Kier molecular flexibility index (Phi) is 4.91. The topological polar surface area (TPSA) is 127 Å². The Morgan fingerprint density at radius 2 is 1.43 bits per heavy atom. The van der Waals surface area contributed by atoms with Crippen molar-refractivity contribution < 1.29 is 34.3 Å². The molecule has 0 aliphatic carbocycles. The highest BCUT2D eigenvalue weighted by Gasteiger charge is 2.22. The van der Waals surface area contributed by atoms with Gasteiger partial charge in [0.25, 0.3) is 0 Å². The average Bonchev–Trinajstić information content (AvgIpc) is 1.78. The van der Waals surface area contributed by atoms with E-state index in [-0.39, 0.29) is 6.42 Å². The Labute approximate surface area is 81.7 Å². The molecule has 0 aromatic heterocycles. The highest BCUT2D eigenvalue weighted by Crippen LogP contribution is 2.09. The first kappa shape index (κ1) is 13.7. The summed E-state index contributed by atoms with van der Waals surface area (Å²) in [6, 6.07) is 0. The molecule has 0 saturated heterocycles. The number of hydrogen-bond acceptors (Lipinski definition) is 6. The third-order valence-corrected chi connectivity index (χ3v) is 1.90. The molecule has 0 aliphatic heterocycles. The monoisotopic (exact) mass is 250 g/mol. The van der Waals surface area contributed by atoms with Crippen molar-refractivity contribution >= 4 is 20.8 Å². The zero-order valence-electron chi connectivity index (χ0n) is 7.15.